The van der Waals surface area contributed by atoms with Gasteiger partial charge in [0.2, 0.25) is 0 Å². The lowest BCUT2D eigenvalue weighted by molar-refractivity contribution is -0.137. The molecule has 0 saturated heterocycles. The van der Waals surface area contributed by atoms with Gasteiger partial charge in [-0.25, -0.2) is 0 Å². The second-order valence-electron chi connectivity index (χ2n) is 5.66. The summed E-state index contributed by atoms with van der Waals surface area (Å²) in [6.45, 7) is 8.82. The molecule has 0 radical (unpaired) electrons. The average molecular weight is 297 g/mol. The molecule has 0 rings (SSSR count). The van der Waals surface area contributed by atoms with Crippen LogP contribution in [-0.2, 0) is 8.91 Å². The first kappa shape index (κ1) is 17.2. The van der Waals surface area contributed by atoms with Gasteiger partial charge in [-0.05, 0) is 51.1 Å². The Morgan fingerprint density at radius 1 is 1.12 bits per heavy atom. The first-order valence-corrected chi connectivity index (χ1v) is 12.9. The molecule has 0 aliphatic heterocycles. The molecule has 0 bridgehead atoms. The van der Waals surface area contributed by atoms with Gasteiger partial charge in [-0.3, -0.25) is 4.79 Å². The van der Waals surface area contributed by atoms with E-state index in [0.29, 0.717) is 5.88 Å². The summed E-state index contributed by atoms with van der Waals surface area (Å²) in [5, 5.41) is 8.63. The number of alkyl halides is 1. The number of carboxylic acids is 1. The summed E-state index contributed by atoms with van der Waals surface area (Å²) in [4.78, 5) is 10.5. The minimum atomic E-state index is -1.70. The van der Waals surface area contributed by atoms with Gasteiger partial charge in [0.15, 0.2) is 16.6 Å². The third-order valence-corrected chi connectivity index (χ3v) is 10.4. The van der Waals surface area contributed by atoms with E-state index < -0.39 is 22.6 Å². The second-order valence-corrected chi connectivity index (χ2v) is 14.9. The van der Waals surface area contributed by atoms with E-state index in [-0.39, 0.29) is 6.42 Å². The molecule has 0 spiro atoms. The van der Waals surface area contributed by atoms with Crippen molar-refractivity contribution < 1.29 is 14.0 Å². The standard InChI is InChI=1S/C11H25ClO3Si2/c1-16(2,9-5-7-11(13)14)15-17(3,4)10-6-8-12/h5-10H2,1-4H3,(H,13,14). The van der Waals surface area contributed by atoms with Crippen molar-refractivity contribution in [2.24, 2.45) is 0 Å². The summed E-state index contributed by atoms with van der Waals surface area (Å²) < 4.78 is 6.34. The van der Waals surface area contributed by atoms with E-state index in [1.165, 1.54) is 0 Å². The van der Waals surface area contributed by atoms with Crippen molar-refractivity contribution in [1.29, 1.82) is 0 Å². The third-order valence-electron chi connectivity index (χ3n) is 2.63. The van der Waals surface area contributed by atoms with Gasteiger partial charge < -0.3 is 9.22 Å². The Balaban J connectivity index is 4.08. The first-order valence-electron chi connectivity index (χ1n) is 6.16. The van der Waals surface area contributed by atoms with Crippen LogP contribution in [0.2, 0.25) is 38.3 Å². The van der Waals surface area contributed by atoms with Crippen LogP contribution in [-0.4, -0.2) is 33.6 Å². The molecule has 102 valence electrons. The van der Waals surface area contributed by atoms with Crippen LogP contribution in [0.3, 0.4) is 0 Å². The van der Waals surface area contributed by atoms with Crippen LogP contribution in [0.4, 0.5) is 0 Å². The summed E-state index contributed by atoms with van der Waals surface area (Å²) >= 11 is 5.71. The van der Waals surface area contributed by atoms with E-state index in [2.05, 4.69) is 26.2 Å². The molecular formula is C11H25ClO3Si2. The highest BCUT2D eigenvalue weighted by Crippen LogP contribution is 2.24. The lowest BCUT2D eigenvalue weighted by Gasteiger charge is -2.34. The molecule has 0 atom stereocenters. The van der Waals surface area contributed by atoms with Gasteiger partial charge in [0.25, 0.3) is 0 Å². The largest absolute Gasteiger partial charge is 0.481 e. The van der Waals surface area contributed by atoms with Crippen molar-refractivity contribution >= 4 is 34.2 Å². The van der Waals surface area contributed by atoms with Gasteiger partial charge >= 0.3 is 5.97 Å². The topological polar surface area (TPSA) is 46.5 Å². The molecule has 0 unspecified atom stereocenters. The Hall–Kier alpha value is 0.154. The highest BCUT2D eigenvalue weighted by Gasteiger charge is 2.32. The van der Waals surface area contributed by atoms with Gasteiger partial charge in [0.05, 0.1) is 0 Å². The van der Waals surface area contributed by atoms with Crippen LogP contribution >= 0.6 is 11.6 Å². The van der Waals surface area contributed by atoms with Gasteiger partial charge in [-0.1, -0.05) is 0 Å². The van der Waals surface area contributed by atoms with E-state index in [1.54, 1.807) is 0 Å². The zero-order valence-corrected chi connectivity index (χ0v) is 14.1. The molecule has 0 saturated carbocycles. The molecule has 3 nitrogen and oxygen atoms in total. The number of hydrogen-bond acceptors (Lipinski definition) is 2. The predicted molar refractivity (Wildman–Crippen MR) is 77.9 cm³/mol. The number of halogens is 1. The highest BCUT2D eigenvalue weighted by atomic mass is 35.5. The van der Waals surface area contributed by atoms with E-state index >= 15 is 0 Å². The van der Waals surface area contributed by atoms with Crippen molar-refractivity contribution in [2.75, 3.05) is 5.88 Å². The lowest BCUT2D eigenvalue weighted by atomic mass is 10.3. The van der Waals surface area contributed by atoms with Crippen LogP contribution in [0.25, 0.3) is 0 Å². The predicted octanol–water partition coefficient (Wildman–Crippen LogP) is 3.91. The molecule has 0 aliphatic carbocycles. The van der Waals surface area contributed by atoms with E-state index in [1.807, 2.05) is 0 Å². The number of carboxylic acid groups (broad SMARTS) is 1. The summed E-state index contributed by atoms with van der Waals surface area (Å²) in [6.07, 6.45) is 2.00. The maximum atomic E-state index is 10.5. The van der Waals surface area contributed by atoms with Crippen molar-refractivity contribution in [2.45, 2.75) is 57.5 Å². The fourth-order valence-electron chi connectivity index (χ4n) is 2.01. The summed E-state index contributed by atoms with van der Waals surface area (Å²) in [5.41, 5.74) is 0. The number of carbonyl (C=O) groups is 1. The van der Waals surface area contributed by atoms with Crippen LogP contribution in [0.1, 0.15) is 19.3 Å². The van der Waals surface area contributed by atoms with Crippen molar-refractivity contribution in [3.05, 3.63) is 0 Å². The SMILES string of the molecule is C[Si](C)(CCCCl)O[Si](C)(C)CCCC(=O)O. The Labute approximate surface area is 112 Å². The van der Waals surface area contributed by atoms with Crippen LogP contribution in [0.15, 0.2) is 0 Å². The molecule has 1 N–H and O–H groups in total. The summed E-state index contributed by atoms with van der Waals surface area (Å²) in [7, 11) is -3.31. The maximum absolute atomic E-state index is 10.5. The molecule has 17 heavy (non-hydrogen) atoms. The number of aliphatic carboxylic acids is 1. The fourth-order valence-corrected chi connectivity index (χ4v) is 11.2. The number of hydrogen-bond donors (Lipinski definition) is 1. The summed E-state index contributed by atoms with van der Waals surface area (Å²) in [5.74, 6) is -0.0192. The fraction of sp³-hybridized carbons (Fsp3) is 0.909. The molecule has 0 heterocycles. The Bertz CT molecular complexity index is 245. The quantitative estimate of drug-likeness (QED) is 0.518. The maximum Gasteiger partial charge on any atom is 0.303 e. The van der Waals surface area contributed by atoms with Crippen molar-refractivity contribution in [3.63, 3.8) is 0 Å². The van der Waals surface area contributed by atoms with Gasteiger partial charge in [0.1, 0.15) is 0 Å². The smallest absolute Gasteiger partial charge is 0.303 e. The number of rotatable bonds is 9. The molecule has 0 aromatic heterocycles. The molecular weight excluding hydrogens is 272 g/mol. The summed E-state index contributed by atoms with van der Waals surface area (Å²) in [6, 6.07) is 2.02. The highest BCUT2D eigenvalue weighted by molar-refractivity contribution is 6.84. The van der Waals surface area contributed by atoms with E-state index in [0.717, 1.165) is 24.9 Å². The lowest BCUT2D eigenvalue weighted by Crippen LogP contribution is -2.44. The molecule has 0 aromatic carbocycles. The van der Waals surface area contributed by atoms with Gasteiger partial charge in [-0.15, -0.1) is 11.6 Å². The molecule has 0 aliphatic rings. The molecule has 0 amide bonds. The Kier molecular flexibility index (Phi) is 7.63. The zero-order chi connectivity index (χ0) is 13.5. The zero-order valence-electron chi connectivity index (χ0n) is 11.4. The second kappa shape index (κ2) is 7.56. The van der Waals surface area contributed by atoms with Crippen LogP contribution in [0, 0.1) is 0 Å². The minimum absolute atomic E-state index is 0.253. The van der Waals surface area contributed by atoms with Crippen LogP contribution < -0.4 is 0 Å². The Morgan fingerprint density at radius 2 is 1.59 bits per heavy atom. The molecule has 0 aromatic rings. The molecule has 0 fully saturated rings. The van der Waals surface area contributed by atoms with Gasteiger partial charge in [-0.2, -0.15) is 0 Å². The van der Waals surface area contributed by atoms with Gasteiger partial charge in [0, 0.05) is 12.3 Å². The van der Waals surface area contributed by atoms with Crippen molar-refractivity contribution in [1.82, 2.24) is 0 Å². The van der Waals surface area contributed by atoms with Crippen LogP contribution in [0.5, 0.6) is 0 Å². The first-order chi connectivity index (χ1) is 7.68. The van der Waals surface area contributed by atoms with Crippen molar-refractivity contribution in [3.8, 4) is 0 Å². The minimum Gasteiger partial charge on any atom is -0.481 e. The molecule has 6 heteroatoms. The Morgan fingerprint density at radius 3 is 2.00 bits per heavy atom. The average Bonchev–Trinajstić information content (AvgIpc) is 2.12. The van der Waals surface area contributed by atoms with E-state index in [9.17, 15) is 4.79 Å². The normalized spacial score (nSPS) is 12.8. The third kappa shape index (κ3) is 9.82. The monoisotopic (exact) mass is 296 g/mol. The van der Waals surface area contributed by atoms with E-state index in [4.69, 9.17) is 20.8 Å².